The molecule has 4 nitrogen and oxygen atoms in total. The lowest BCUT2D eigenvalue weighted by molar-refractivity contribution is -0.151. The van der Waals surface area contributed by atoms with Crippen molar-refractivity contribution in [3.63, 3.8) is 0 Å². The Labute approximate surface area is 133 Å². The van der Waals surface area contributed by atoms with Crippen LogP contribution in [0.15, 0.2) is 22.7 Å². The quantitative estimate of drug-likeness (QED) is 0.907. The van der Waals surface area contributed by atoms with Gasteiger partial charge in [-0.15, -0.1) is 0 Å². The Morgan fingerprint density at radius 1 is 1.57 bits per heavy atom. The normalized spacial score (nSPS) is 29.0. The SMILES string of the molecule is CC1(C(=O)O)CCCN(CC2Cc3cc(Br)ccc3O2)C1. The van der Waals surface area contributed by atoms with Gasteiger partial charge in [0.25, 0.3) is 0 Å². The van der Waals surface area contributed by atoms with Gasteiger partial charge >= 0.3 is 5.97 Å². The summed E-state index contributed by atoms with van der Waals surface area (Å²) in [6.45, 7) is 4.23. The molecule has 3 rings (SSSR count). The van der Waals surface area contributed by atoms with E-state index in [2.05, 4.69) is 26.9 Å². The van der Waals surface area contributed by atoms with Crippen molar-refractivity contribution in [2.45, 2.75) is 32.3 Å². The van der Waals surface area contributed by atoms with Crippen molar-refractivity contribution in [1.82, 2.24) is 4.90 Å². The van der Waals surface area contributed by atoms with Crippen LogP contribution in [-0.4, -0.2) is 41.7 Å². The number of halogens is 1. The van der Waals surface area contributed by atoms with E-state index in [-0.39, 0.29) is 6.10 Å². The van der Waals surface area contributed by atoms with E-state index in [1.165, 1.54) is 5.56 Å². The van der Waals surface area contributed by atoms with Crippen molar-refractivity contribution in [1.29, 1.82) is 0 Å². The van der Waals surface area contributed by atoms with Crippen LogP contribution >= 0.6 is 15.9 Å². The molecule has 1 aromatic carbocycles. The molecule has 0 bridgehead atoms. The fraction of sp³-hybridized carbons (Fsp3) is 0.562. The number of likely N-dealkylation sites (tertiary alicyclic amines) is 1. The van der Waals surface area contributed by atoms with Gasteiger partial charge in [-0.2, -0.15) is 0 Å². The molecule has 1 saturated heterocycles. The molecule has 1 fully saturated rings. The van der Waals surface area contributed by atoms with Crippen LogP contribution in [0.5, 0.6) is 5.75 Å². The molecular weight excluding hydrogens is 334 g/mol. The zero-order valence-corrected chi connectivity index (χ0v) is 13.7. The highest BCUT2D eigenvalue weighted by Gasteiger charge is 2.39. The third-order valence-electron chi connectivity index (χ3n) is 4.52. The Balaban J connectivity index is 1.62. The Kier molecular flexibility index (Phi) is 3.97. The van der Waals surface area contributed by atoms with Crippen LogP contribution in [-0.2, 0) is 11.2 Å². The van der Waals surface area contributed by atoms with Crippen molar-refractivity contribution in [2.75, 3.05) is 19.6 Å². The van der Waals surface area contributed by atoms with Crippen molar-refractivity contribution in [3.05, 3.63) is 28.2 Å². The standard InChI is InChI=1S/C16H20BrNO3/c1-16(15(19)20)5-2-6-18(10-16)9-13-8-11-7-12(17)3-4-14(11)21-13/h3-4,7,13H,2,5-6,8-10H2,1H3,(H,19,20). The van der Waals surface area contributed by atoms with Gasteiger partial charge in [-0.25, -0.2) is 0 Å². The lowest BCUT2D eigenvalue weighted by Crippen LogP contribution is -2.48. The first kappa shape index (κ1) is 14.9. The van der Waals surface area contributed by atoms with Crippen molar-refractivity contribution in [3.8, 4) is 5.75 Å². The Bertz CT molecular complexity index is 562. The summed E-state index contributed by atoms with van der Waals surface area (Å²) in [5.74, 6) is 0.271. The van der Waals surface area contributed by atoms with E-state index in [4.69, 9.17) is 4.74 Å². The summed E-state index contributed by atoms with van der Waals surface area (Å²) >= 11 is 3.48. The number of ether oxygens (including phenoxy) is 1. The Morgan fingerprint density at radius 3 is 3.14 bits per heavy atom. The van der Waals surface area contributed by atoms with Gasteiger partial charge < -0.3 is 9.84 Å². The Morgan fingerprint density at radius 2 is 2.38 bits per heavy atom. The van der Waals surface area contributed by atoms with Gasteiger partial charge in [0.15, 0.2) is 0 Å². The van der Waals surface area contributed by atoms with E-state index in [0.29, 0.717) is 6.54 Å². The zero-order valence-electron chi connectivity index (χ0n) is 12.1. The van der Waals surface area contributed by atoms with Crippen molar-refractivity contribution in [2.24, 2.45) is 5.41 Å². The maximum absolute atomic E-state index is 11.4. The third-order valence-corrected chi connectivity index (χ3v) is 5.01. The van der Waals surface area contributed by atoms with Gasteiger partial charge in [0, 0.05) is 24.0 Å². The number of carboxylic acid groups (broad SMARTS) is 1. The summed E-state index contributed by atoms with van der Waals surface area (Å²) in [7, 11) is 0. The van der Waals surface area contributed by atoms with Crippen LogP contribution in [0.4, 0.5) is 0 Å². The van der Waals surface area contributed by atoms with Crippen LogP contribution in [0.2, 0.25) is 0 Å². The van der Waals surface area contributed by atoms with Gasteiger partial charge in [-0.3, -0.25) is 9.69 Å². The smallest absolute Gasteiger partial charge is 0.310 e. The second kappa shape index (κ2) is 5.61. The van der Waals surface area contributed by atoms with Crippen LogP contribution < -0.4 is 4.74 Å². The van der Waals surface area contributed by atoms with Crippen LogP contribution in [0.3, 0.4) is 0 Å². The summed E-state index contributed by atoms with van der Waals surface area (Å²) in [6.07, 6.45) is 2.73. The molecule has 2 unspecified atom stereocenters. The summed E-state index contributed by atoms with van der Waals surface area (Å²) < 4.78 is 7.05. The van der Waals surface area contributed by atoms with E-state index in [9.17, 15) is 9.90 Å². The number of hydrogen-bond donors (Lipinski definition) is 1. The highest BCUT2D eigenvalue weighted by Crippen LogP contribution is 2.33. The van der Waals surface area contributed by atoms with Crippen LogP contribution in [0.25, 0.3) is 0 Å². The maximum Gasteiger partial charge on any atom is 0.310 e. The maximum atomic E-state index is 11.4. The van der Waals surface area contributed by atoms with Gasteiger partial charge in [-0.1, -0.05) is 15.9 Å². The second-order valence-electron chi connectivity index (χ2n) is 6.40. The topological polar surface area (TPSA) is 49.8 Å². The monoisotopic (exact) mass is 353 g/mol. The third kappa shape index (κ3) is 3.09. The van der Waals surface area contributed by atoms with E-state index in [0.717, 1.165) is 42.6 Å². The Hall–Kier alpha value is -1.07. The largest absolute Gasteiger partial charge is 0.488 e. The molecule has 1 N–H and O–H groups in total. The molecule has 0 aromatic heterocycles. The van der Waals surface area contributed by atoms with Crippen LogP contribution in [0, 0.1) is 5.41 Å². The van der Waals surface area contributed by atoms with Crippen molar-refractivity contribution >= 4 is 21.9 Å². The molecule has 0 aliphatic carbocycles. The summed E-state index contributed by atoms with van der Waals surface area (Å²) in [6, 6.07) is 6.09. The minimum atomic E-state index is -0.688. The summed E-state index contributed by atoms with van der Waals surface area (Å²) in [5.41, 5.74) is 0.611. The molecule has 21 heavy (non-hydrogen) atoms. The summed E-state index contributed by atoms with van der Waals surface area (Å²) in [4.78, 5) is 13.7. The molecule has 0 amide bonds. The predicted octanol–water partition coefficient (Wildman–Crippen LogP) is 2.94. The summed E-state index contributed by atoms with van der Waals surface area (Å²) in [5, 5.41) is 9.39. The van der Waals surface area contributed by atoms with E-state index < -0.39 is 11.4 Å². The average Bonchev–Trinajstić information content (AvgIpc) is 2.80. The number of benzene rings is 1. The lowest BCUT2D eigenvalue weighted by Gasteiger charge is -2.38. The molecular formula is C16H20BrNO3. The minimum absolute atomic E-state index is 0.130. The van der Waals surface area contributed by atoms with Crippen molar-refractivity contribution < 1.29 is 14.6 Å². The number of hydrogen-bond acceptors (Lipinski definition) is 3. The highest BCUT2D eigenvalue weighted by atomic mass is 79.9. The highest BCUT2D eigenvalue weighted by molar-refractivity contribution is 9.10. The number of aliphatic carboxylic acids is 1. The fourth-order valence-corrected chi connectivity index (χ4v) is 3.76. The van der Waals surface area contributed by atoms with E-state index >= 15 is 0 Å². The number of piperidine rings is 1. The first-order valence-electron chi connectivity index (χ1n) is 7.37. The lowest BCUT2D eigenvalue weighted by atomic mass is 9.82. The number of fused-ring (bicyclic) bond motifs is 1. The van der Waals surface area contributed by atoms with Gasteiger partial charge in [0.1, 0.15) is 11.9 Å². The first-order valence-corrected chi connectivity index (χ1v) is 8.16. The second-order valence-corrected chi connectivity index (χ2v) is 7.32. The molecule has 2 aliphatic rings. The van der Waals surface area contributed by atoms with Crippen LogP contribution in [0.1, 0.15) is 25.3 Å². The molecule has 2 atom stereocenters. The molecule has 5 heteroatoms. The molecule has 0 radical (unpaired) electrons. The molecule has 0 spiro atoms. The molecule has 2 aliphatic heterocycles. The molecule has 114 valence electrons. The van der Waals surface area contributed by atoms with Gasteiger partial charge in [0.05, 0.1) is 5.41 Å². The predicted molar refractivity (Wildman–Crippen MR) is 83.7 cm³/mol. The van der Waals surface area contributed by atoms with Gasteiger partial charge in [-0.05, 0) is 50.1 Å². The number of carbonyl (C=O) groups is 1. The van der Waals surface area contributed by atoms with E-state index in [1.807, 2.05) is 19.1 Å². The number of nitrogens with zero attached hydrogens (tertiary/aromatic N) is 1. The molecule has 1 aromatic rings. The van der Waals surface area contributed by atoms with Gasteiger partial charge in [0.2, 0.25) is 0 Å². The minimum Gasteiger partial charge on any atom is -0.488 e. The molecule has 2 heterocycles. The molecule has 0 saturated carbocycles. The number of carboxylic acids is 1. The fourth-order valence-electron chi connectivity index (χ4n) is 3.35. The average molecular weight is 354 g/mol. The number of rotatable bonds is 3. The first-order chi connectivity index (χ1) is 9.96. The zero-order chi connectivity index (χ0) is 15.0. The van der Waals surface area contributed by atoms with E-state index in [1.54, 1.807) is 0 Å².